The normalized spacial score (nSPS) is 18.9. The zero-order chi connectivity index (χ0) is 13.9. The monoisotopic (exact) mass is 270 g/mol. The fraction of sp³-hybridized carbons (Fsp3) is 0.500. The lowest BCUT2D eigenvalue weighted by molar-refractivity contribution is 0.581. The van der Waals surface area contributed by atoms with Crippen molar-refractivity contribution in [3.05, 3.63) is 30.0 Å². The molecule has 0 spiro atoms. The van der Waals surface area contributed by atoms with Crippen LogP contribution in [0.25, 0.3) is 11.0 Å². The summed E-state index contributed by atoms with van der Waals surface area (Å²) in [5.41, 5.74) is 8.64. The van der Waals surface area contributed by atoms with Crippen molar-refractivity contribution in [1.82, 2.24) is 9.97 Å². The highest BCUT2D eigenvalue weighted by atomic mass is 15.2. The average Bonchev–Trinajstić information content (AvgIpc) is 2.92. The molecule has 2 N–H and O–H groups in total. The highest BCUT2D eigenvalue weighted by Crippen LogP contribution is 2.29. The molecule has 1 atom stereocenters. The van der Waals surface area contributed by atoms with Crippen LogP contribution in [0.1, 0.15) is 31.4 Å². The third-order valence-electron chi connectivity index (χ3n) is 4.11. The highest BCUT2D eigenvalue weighted by molar-refractivity contribution is 5.76. The first kappa shape index (κ1) is 13.3. The Morgan fingerprint density at radius 3 is 2.75 bits per heavy atom. The Morgan fingerprint density at radius 1 is 1.25 bits per heavy atom. The predicted octanol–water partition coefficient (Wildman–Crippen LogP) is 2.65. The van der Waals surface area contributed by atoms with Gasteiger partial charge in [-0.3, -0.25) is 0 Å². The third kappa shape index (κ3) is 2.48. The molecule has 2 aromatic rings. The van der Waals surface area contributed by atoms with E-state index in [1.165, 1.54) is 12.8 Å². The van der Waals surface area contributed by atoms with Crippen LogP contribution in [0.2, 0.25) is 0 Å². The standard InChI is InChI=1S/C16H22N4/c1-12-16(19-15-9-3-2-8-14(15)18-12)20-11-5-7-13(20)6-4-10-17/h2-3,8-9,13H,4-7,10-11,17H2,1H3. The molecule has 2 heterocycles. The first-order chi connectivity index (χ1) is 9.79. The van der Waals surface area contributed by atoms with E-state index in [1.54, 1.807) is 0 Å². The maximum Gasteiger partial charge on any atom is 0.151 e. The quantitative estimate of drug-likeness (QED) is 0.928. The Bertz CT molecular complexity index is 596. The fourth-order valence-corrected chi connectivity index (χ4v) is 3.12. The molecule has 1 unspecified atom stereocenters. The van der Waals surface area contributed by atoms with E-state index in [-0.39, 0.29) is 0 Å². The molecular weight excluding hydrogens is 248 g/mol. The first-order valence-corrected chi connectivity index (χ1v) is 7.49. The van der Waals surface area contributed by atoms with Crippen molar-refractivity contribution < 1.29 is 0 Å². The number of para-hydroxylation sites is 2. The highest BCUT2D eigenvalue weighted by Gasteiger charge is 2.26. The van der Waals surface area contributed by atoms with Gasteiger partial charge in [0.1, 0.15) is 0 Å². The van der Waals surface area contributed by atoms with E-state index in [0.717, 1.165) is 48.5 Å². The maximum absolute atomic E-state index is 5.65. The van der Waals surface area contributed by atoms with Crippen molar-refractivity contribution in [1.29, 1.82) is 0 Å². The van der Waals surface area contributed by atoms with Crippen LogP contribution >= 0.6 is 0 Å². The number of nitrogens with zero attached hydrogens (tertiary/aromatic N) is 3. The Hall–Kier alpha value is -1.68. The largest absolute Gasteiger partial charge is 0.352 e. The van der Waals surface area contributed by atoms with Gasteiger partial charge in [0.15, 0.2) is 5.82 Å². The predicted molar refractivity (Wildman–Crippen MR) is 82.9 cm³/mol. The Morgan fingerprint density at radius 2 is 2.00 bits per heavy atom. The lowest BCUT2D eigenvalue weighted by atomic mass is 10.1. The third-order valence-corrected chi connectivity index (χ3v) is 4.11. The van der Waals surface area contributed by atoms with Crippen LogP contribution in [0.3, 0.4) is 0 Å². The molecule has 1 aromatic carbocycles. The molecule has 0 amide bonds. The molecule has 1 saturated heterocycles. The van der Waals surface area contributed by atoms with Gasteiger partial charge < -0.3 is 10.6 Å². The number of aryl methyl sites for hydroxylation is 1. The van der Waals surface area contributed by atoms with Crippen molar-refractivity contribution in [2.75, 3.05) is 18.0 Å². The van der Waals surface area contributed by atoms with Gasteiger partial charge in [-0.25, -0.2) is 9.97 Å². The van der Waals surface area contributed by atoms with Gasteiger partial charge >= 0.3 is 0 Å². The molecule has 1 aliphatic heterocycles. The summed E-state index contributed by atoms with van der Waals surface area (Å²) in [5.74, 6) is 1.06. The molecule has 1 aromatic heterocycles. The topological polar surface area (TPSA) is 55.0 Å². The van der Waals surface area contributed by atoms with E-state index in [2.05, 4.69) is 11.8 Å². The molecule has 4 heteroatoms. The van der Waals surface area contributed by atoms with Crippen LogP contribution in [0, 0.1) is 6.92 Å². The van der Waals surface area contributed by atoms with E-state index in [4.69, 9.17) is 15.7 Å². The molecule has 106 valence electrons. The van der Waals surface area contributed by atoms with Gasteiger partial charge in [0.2, 0.25) is 0 Å². The molecule has 0 bridgehead atoms. The Labute approximate surface area is 120 Å². The number of rotatable bonds is 4. The van der Waals surface area contributed by atoms with E-state index < -0.39 is 0 Å². The lowest BCUT2D eigenvalue weighted by Gasteiger charge is -2.27. The molecule has 0 radical (unpaired) electrons. The molecule has 0 aliphatic carbocycles. The minimum Gasteiger partial charge on any atom is -0.352 e. The summed E-state index contributed by atoms with van der Waals surface area (Å²) in [4.78, 5) is 12.0. The van der Waals surface area contributed by atoms with Gasteiger partial charge in [0.25, 0.3) is 0 Å². The second-order valence-electron chi connectivity index (χ2n) is 5.54. The summed E-state index contributed by atoms with van der Waals surface area (Å²) in [6.07, 6.45) is 4.73. The average molecular weight is 270 g/mol. The summed E-state index contributed by atoms with van der Waals surface area (Å²) in [5, 5.41) is 0. The second-order valence-corrected chi connectivity index (χ2v) is 5.54. The molecule has 20 heavy (non-hydrogen) atoms. The van der Waals surface area contributed by atoms with Crippen molar-refractivity contribution in [3.63, 3.8) is 0 Å². The first-order valence-electron chi connectivity index (χ1n) is 7.49. The summed E-state index contributed by atoms with van der Waals surface area (Å²) in [6.45, 7) is 3.92. The molecular formula is C16H22N4. The van der Waals surface area contributed by atoms with Crippen molar-refractivity contribution in [3.8, 4) is 0 Å². The number of nitrogens with two attached hydrogens (primary N) is 1. The zero-order valence-corrected chi connectivity index (χ0v) is 12.0. The van der Waals surface area contributed by atoms with Gasteiger partial charge in [-0.1, -0.05) is 12.1 Å². The summed E-state index contributed by atoms with van der Waals surface area (Å²) in [7, 11) is 0. The van der Waals surface area contributed by atoms with Crippen LogP contribution in [0.15, 0.2) is 24.3 Å². The maximum atomic E-state index is 5.65. The minimum atomic E-state index is 0.577. The molecule has 4 nitrogen and oxygen atoms in total. The number of anilines is 1. The molecule has 3 rings (SSSR count). The van der Waals surface area contributed by atoms with Crippen LogP contribution < -0.4 is 10.6 Å². The van der Waals surface area contributed by atoms with E-state index in [9.17, 15) is 0 Å². The fourth-order valence-electron chi connectivity index (χ4n) is 3.12. The van der Waals surface area contributed by atoms with E-state index in [1.807, 2.05) is 24.3 Å². The van der Waals surface area contributed by atoms with Gasteiger partial charge in [0.05, 0.1) is 16.7 Å². The Balaban J connectivity index is 1.94. The number of benzene rings is 1. The summed E-state index contributed by atoms with van der Waals surface area (Å²) in [6, 6.07) is 8.67. The van der Waals surface area contributed by atoms with E-state index in [0.29, 0.717) is 6.04 Å². The van der Waals surface area contributed by atoms with Crippen LogP contribution in [0.4, 0.5) is 5.82 Å². The zero-order valence-electron chi connectivity index (χ0n) is 12.0. The number of aromatic nitrogens is 2. The van der Waals surface area contributed by atoms with Crippen LogP contribution in [0.5, 0.6) is 0 Å². The summed E-state index contributed by atoms with van der Waals surface area (Å²) >= 11 is 0. The lowest BCUT2D eigenvalue weighted by Crippen LogP contribution is -2.31. The minimum absolute atomic E-state index is 0.577. The van der Waals surface area contributed by atoms with Gasteiger partial charge in [-0.15, -0.1) is 0 Å². The van der Waals surface area contributed by atoms with Crippen molar-refractivity contribution in [2.24, 2.45) is 5.73 Å². The Kier molecular flexibility index (Phi) is 3.83. The molecule has 0 saturated carbocycles. The molecule has 1 aliphatic rings. The van der Waals surface area contributed by atoms with Gasteiger partial charge in [-0.05, 0) is 51.3 Å². The van der Waals surface area contributed by atoms with Crippen molar-refractivity contribution in [2.45, 2.75) is 38.6 Å². The second kappa shape index (κ2) is 5.75. The smallest absolute Gasteiger partial charge is 0.151 e. The number of hydrogen-bond acceptors (Lipinski definition) is 4. The van der Waals surface area contributed by atoms with E-state index >= 15 is 0 Å². The number of fused-ring (bicyclic) bond motifs is 1. The SMILES string of the molecule is Cc1nc2ccccc2nc1N1CCCC1CCCN. The number of hydrogen-bond donors (Lipinski definition) is 1. The van der Waals surface area contributed by atoms with Crippen LogP contribution in [-0.2, 0) is 0 Å². The van der Waals surface area contributed by atoms with Gasteiger partial charge in [-0.2, -0.15) is 0 Å². The van der Waals surface area contributed by atoms with Gasteiger partial charge in [0, 0.05) is 12.6 Å². The van der Waals surface area contributed by atoms with Crippen LogP contribution in [-0.4, -0.2) is 29.1 Å². The molecule has 1 fully saturated rings. The summed E-state index contributed by atoms with van der Waals surface area (Å²) < 4.78 is 0. The van der Waals surface area contributed by atoms with Crippen molar-refractivity contribution >= 4 is 16.9 Å².